The first-order valence-electron chi connectivity index (χ1n) is 20.4. The van der Waals surface area contributed by atoms with Gasteiger partial charge in [0.15, 0.2) is 6.29 Å². The highest BCUT2D eigenvalue weighted by molar-refractivity contribution is 5.79. The van der Waals surface area contributed by atoms with Crippen LogP contribution >= 0.6 is 0 Å². The molecule has 7 rings (SSSR count). The van der Waals surface area contributed by atoms with E-state index in [1.165, 1.54) is 0 Å². The van der Waals surface area contributed by atoms with Crippen LogP contribution in [0.3, 0.4) is 0 Å². The van der Waals surface area contributed by atoms with Crippen molar-refractivity contribution in [2.45, 2.75) is 173 Å². The lowest BCUT2D eigenvalue weighted by molar-refractivity contribution is -0.299. The fourth-order valence-electron chi connectivity index (χ4n) is 13.6. The van der Waals surface area contributed by atoms with Crippen molar-refractivity contribution in [2.75, 3.05) is 13.2 Å². The summed E-state index contributed by atoms with van der Waals surface area (Å²) in [5, 5.41) is 84.5. The van der Waals surface area contributed by atoms with Crippen molar-refractivity contribution < 1.29 is 64.6 Å². The third-order valence-electron chi connectivity index (χ3n) is 17.3. The molecule has 6 fully saturated rings. The highest BCUT2D eigenvalue weighted by atomic mass is 16.7. The van der Waals surface area contributed by atoms with Gasteiger partial charge in [0.2, 0.25) is 6.29 Å². The molecule has 0 aromatic heterocycles. The summed E-state index contributed by atoms with van der Waals surface area (Å²) >= 11 is 0. The molecule has 0 amide bonds. The summed E-state index contributed by atoms with van der Waals surface area (Å²) in [5.41, 5.74) is -2.14. The summed E-state index contributed by atoms with van der Waals surface area (Å²) in [6.07, 6.45) is -3.53. The Kier molecular flexibility index (Phi) is 10.4. The van der Waals surface area contributed by atoms with Crippen molar-refractivity contribution in [1.29, 1.82) is 0 Å². The number of allylic oxidation sites excluding steroid dienone is 1. The maximum atomic E-state index is 14.6. The third-order valence-corrected chi connectivity index (χ3v) is 17.3. The fraction of sp³-hybridized carbons (Fsp3) is 0.927. The lowest BCUT2D eigenvalue weighted by atomic mass is 9.33. The van der Waals surface area contributed by atoms with Crippen LogP contribution in [0.1, 0.15) is 106 Å². The van der Waals surface area contributed by atoms with Gasteiger partial charge in [-0.1, -0.05) is 53.2 Å². The molecule has 0 radical (unpaired) electrons. The molecule has 19 unspecified atom stereocenters. The zero-order chi connectivity index (χ0) is 39.6. The molecule has 8 N–H and O–H groups in total. The molecule has 308 valence electrons. The second kappa shape index (κ2) is 13.7. The molecule has 0 spiro atoms. The standard InChI is InChI=1S/C41H66O13/c1-20-10-15-41(35(49)54-34-31(48)29(46)27(44)22(18-42)52-34)17-16-38(5)21(32(41)40(20,7)50)8-9-25-37(4)13-12-26(36(2,3)24(37)11-14-39(25,38)6)53-33-30(47)28(45)23(19-43)51-33/h8,20,22-34,42-48,50H,9-19H2,1-7H3. The second-order valence-corrected chi connectivity index (χ2v) is 19.8. The van der Waals surface area contributed by atoms with Crippen LogP contribution in [-0.4, -0.2) is 127 Å². The van der Waals surface area contributed by atoms with Crippen LogP contribution in [0.4, 0.5) is 0 Å². The van der Waals surface area contributed by atoms with Gasteiger partial charge in [-0.15, -0.1) is 0 Å². The summed E-state index contributed by atoms with van der Waals surface area (Å²) in [5.74, 6) is -0.698. The Morgan fingerprint density at radius 2 is 1.37 bits per heavy atom. The maximum Gasteiger partial charge on any atom is 0.315 e. The average molecular weight is 767 g/mol. The van der Waals surface area contributed by atoms with Crippen LogP contribution in [0.15, 0.2) is 11.6 Å². The average Bonchev–Trinajstić information content (AvgIpc) is 3.39. The first-order valence-corrected chi connectivity index (χ1v) is 20.4. The summed E-state index contributed by atoms with van der Waals surface area (Å²) < 4.78 is 23.7. The lowest BCUT2D eigenvalue weighted by Gasteiger charge is -2.72. The summed E-state index contributed by atoms with van der Waals surface area (Å²) in [7, 11) is 0. The second-order valence-electron chi connectivity index (χ2n) is 19.8. The van der Waals surface area contributed by atoms with Gasteiger partial charge >= 0.3 is 5.97 Å². The molecule has 13 nitrogen and oxygen atoms in total. The largest absolute Gasteiger partial charge is 0.432 e. The highest BCUT2D eigenvalue weighted by Gasteiger charge is 2.72. The van der Waals surface area contributed by atoms with Crippen molar-refractivity contribution >= 4 is 5.97 Å². The number of hydrogen-bond acceptors (Lipinski definition) is 13. The molecule has 2 saturated heterocycles. The number of aliphatic hydroxyl groups is 8. The van der Waals surface area contributed by atoms with E-state index in [4.69, 9.17) is 18.9 Å². The van der Waals surface area contributed by atoms with E-state index in [0.717, 1.165) is 37.7 Å². The van der Waals surface area contributed by atoms with Gasteiger partial charge in [0, 0.05) is 5.92 Å². The monoisotopic (exact) mass is 766 g/mol. The van der Waals surface area contributed by atoms with Crippen LogP contribution < -0.4 is 0 Å². The Balaban J connectivity index is 1.19. The minimum Gasteiger partial charge on any atom is -0.432 e. The van der Waals surface area contributed by atoms with Gasteiger partial charge in [-0.3, -0.25) is 4.79 Å². The van der Waals surface area contributed by atoms with Crippen molar-refractivity contribution in [3.63, 3.8) is 0 Å². The lowest BCUT2D eigenvalue weighted by Crippen LogP contribution is -2.68. The molecule has 19 atom stereocenters. The number of hydrogen-bond donors (Lipinski definition) is 8. The molecule has 13 heteroatoms. The van der Waals surface area contributed by atoms with Gasteiger partial charge in [-0.2, -0.15) is 0 Å². The van der Waals surface area contributed by atoms with Crippen LogP contribution in [0.5, 0.6) is 0 Å². The fourth-order valence-corrected chi connectivity index (χ4v) is 13.6. The Morgan fingerprint density at radius 3 is 2.02 bits per heavy atom. The SMILES string of the molecule is CC1CCC2(C(=O)OC3OC(CO)C(O)C(O)C3O)CCC3(C)C(=CCC4C5(C)CCC(OC6OC(CO)C(O)C6O)C(C)(C)C5CCC43C)C2C1(C)O. The van der Waals surface area contributed by atoms with Gasteiger partial charge in [-0.25, -0.2) is 0 Å². The molecule has 54 heavy (non-hydrogen) atoms. The zero-order valence-electron chi connectivity index (χ0n) is 33.1. The topological polar surface area (TPSA) is 216 Å². The number of carbonyl (C=O) groups excluding carboxylic acids is 1. The summed E-state index contributed by atoms with van der Waals surface area (Å²) in [6.45, 7) is 14.5. The molecule has 2 aliphatic heterocycles. The predicted molar refractivity (Wildman–Crippen MR) is 193 cm³/mol. The van der Waals surface area contributed by atoms with Gasteiger partial charge in [0.1, 0.15) is 42.7 Å². The van der Waals surface area contributed by atoms with Gasteiger partial charge in [-0.05, 0) is 104 Å². The molecule has 5 aliphatic carbocycles. The number of ether oxygens (including phenoxy) is 4. The molecule has 0 bridgehead atoms. The number of aliphatic hydroxyl groups excluding tert-OH is 7. The van der Waals surface area contributed by atoms with E-state index in [9.17, 15) is 45.6 Å². The normalized spacial score (nSPS) is 55.4. The van der Waals surface area contributed by atoms with E-state index < -0.39 is 91.4 Å². The number of rotatable bonds is 6. The van der Waals surface area contributed by atoms with E-state index in [2.05, 4.69) is 40.7 Å². The zero-order valence-corrected chi connectivity index (χ0v) is 33.1. The predicted octanol–water partition coefficient (Wildman–Crippen LogP) is 1.93. The van der Waals surface area contributed by atoms with E-state index in [0.29, 0.717) is 31.6 Å². The molecular formula is C41H66O13. The molecular weight excluding hydrogens is 700 g/mol. The van der Waals surface area contributed by atoms with Gasteiger partial charge in [0.25, 0.3) is 0 Å². The van der Waals surface area contributed by atoms with Crippen molar-refractivity contribution in [1.82, 2.24) is 0 Å². The number of esters is 1. The Bertz CT molecular complexity index is 1470. The third kappa shape index (κ3) is 5.61. The van der Waals surface area contributed by atoms with Gasteiger partial charge in [0.05, 0.1) is 30.3 Å². The van der Waals surface area contributed by atoms with Gasteiger partial charge < -0.3 is 59.8 Å². The minimum atomic E-state index is -1.72. The molecule has 2 heterocycles. The highest BCUT2D eigenvalue weighted by Crippen LogP contribution is 2.76. The summed E-state index contributed by atoms with van der Waals surface area (Å²) in [4.78, 5) is 14.6. The van der Waals surface area contributed by atoms with Crippen molar-refractivity contribution in [3.8, 4) is 0 Å². The van der Waals surface area contributed by atoms with E-state index in [-0.39, 0.29) is 39.6 Å². The molecule has 7 aliphatic rings. The number of carbonyl (C=O) groups is 1. The van der Waals surface area contributed by atoms with Crippen LogP contribution in [-0.2, 0) is 23.7 Å². The van der Waals surface area contributed by atoms with E-state index in [1.807, 2.05) is 13.8 Å². The molecule has 0 aromatic carbocycles. The van der Waals surface area contributed by atoms with Crippen LogP contribution in [0, 0.1) is 50.7 Å². The van der Waals surface area contributed by atoms with Crippen molar-refractivity contribution in [2.24, 2.45) is 50.7 Å². The number of fused-ring (bicyclic) bond motifs is 7. The molecule has 4 saturated carbocycles. The summed E-state index contributed by atoms with van der Waals surface area (Å²) in [6, 6.07) is 0. The van der Waals surface area contributed by atoms with Crippen LogP contribution in [0.25, 0.3) is 0 Å². The Morgan fingerprint density at radius 1 is 0.759 bits per heavy atom. The quantitative estimate of drug-likeness (QED) is 0.144. The maximum absolute atomic E-state index is 14.6. The first kappa shape index (κ1) is 40.9. The Hall–Kier alpha value is -1.23. The van der Waals surface area contributed by atoms with Crippen LogP contribution in [0.2, 0.25) is 0 Å². The first-order chi connectivity index (χ1) is 25.2. The van der Waals surface area contributed by atoms with E-state index >= 15 is 0 Å². The van der Waals surface area contributed by atoms with Crippen molar-refractivity contribution in [3.05, 3.63) is 11.6 Å². The van der Waals surface area contributed by atoms with E-state index in [1.54, 1.807) is 0 Å². The smallest absolute Gasteiger partial charge is 0.315 e. The Labute approximate surface area is 319 Å². The molecule has 0 aromatic rings. The minimum absolute atomic E-state index is 0.0668.